The van der Waals surface area contributed by atoms with Crippen molar-refractivity contribution in [2.24, 2.45) is 0 Å². The van der Waals surface area contributed by atoms with E-state index in [1.54, 1.807) is 0 Å². The van der Waals surface area contributed by atoms with E-state index < -0.39 is 10.0 Å². The number of hydrogen-bond donors (Lipinski definition) is 2. The molecule has 0 saturated heterocycles. The molecule has 8 nitrogen and oxygen atoms in total. The Morgan fingerprint density at radius 2 is 1.66 bits per heavy atom. The number of carbonyl (C=O) groups is 1. The lowest BCUT2D eigenvalue weighted by Crippen LogP contribution is -2.28. The highest BCUT2D eigenvalue weighted by molar-refractivity contribution is 7.89. The average Bonchev–Trinajstić information content (AvgIpc) is 2.81. The number of hydrogen-bond acceptors (Lipinski definition) is 6. The molecule has 1 amide bonds. The van der Waals surface area contributed by atoms with Gasteiger partial charge in [-0.05, 0) is 42.4 Å². The van der Waals surface area contributed by atoms with Crippen molar-refractivity contribution >= 4 is 15.9 Å². The molecule has 2 aromatic carbocycles. The molecule has 0 spiro atoms. The number of methoxy groups -OCH3 is 2. The first-order chi connectivity index (χ1) is 15.3. The Morgan fingerprint density at radius 1 is 1.00 bits per heavy atom. The SMILES string of the molecule is CCN(CC)Cc1ccc(CNC(=O)c2ccc(OC)c(S(=O)(=O)NCCOC)c2)cc1. The van der Waals surface area contributed by atoms with Gasteiger partial charge in [-0.2, -0.15) is 0 Å². The molecule has 2 rings (SSSR count). The third kappa shape index (κ3) is 7.30. The molecule has 0 unspecified atom stereocenters. The van der Waals surface area contributed by atoms with E-state index in [1.807, 2.05) is 12.1 Å². The molecule has 176 valence electrons. The molecule has 2 N–H and O–H groups in total. The van der Waals surface area contributed by atoms with Gasteiger partial charge in [0.25, 0.3) is 5.91 Å². The summed E-state index contributed by atoms with van der Waals surface area (Å²) in [6.45, 7) is 7.84. The van der Waals surface area contributed by atoms with Crippen molar-refractivity contribution in [1.82, 2.24) is 14.9 Å². The fourth-order valence-electron chi connectivity index (χ4n) is 3.14. The summed E-state index contributed by atoms with van der Waals surface area (Å²) in [5.74, 6) is -0.205. The third-order valence-electron chi connectivity index (χ3n) is 5.09. The van der Waals surface area contributed by atoms with Crippen molar-refractivity contribution in [3.8, 4) is 5.75 Å². The Balaban J connectivity index is 2.07. The summed E-state index contributed by atoms with van der Waals surface area (Å²) in [5, 5.41) is 2.84. The predicted molar refractivity (Wildman–Crippen MR) is 124 cm³/mol. The molecule has 0 heterocycles. The van der Waals surface area contributed by atoms with Crippen molar-refractivity contribution in [3.05, 3.63) is 59.2 Å². The van der Waals surface area contributed by atoms with E-state index in [9.17, 15) is 13.2 Å². The van der Waals surface area contributed by atoms with E-state index in [4.69, 9.17) is 9.47 Å². The number of nitrogens with one attached hydrogen (secondary N) is 2. The molecule has 0 aliphatic rings. The minimum absolute atomic E-state index is 0.0930. The fraction of sp³-hybridized carbons (Fsp3) is 0.435. The number of amides is 1. The van der Waals surface area contributed by atoms with Crippen LogP contribution in [-0.4, -0.2) is 59.7 Å². The standard InChI is InChI=1S/C23H33N3O5S/c1-5-26(6-2)17-19-9-7-18(8-10-19)16-24-23(27)20-11-12-21(31-4)22(15-20)32(28,29)25-13-14-30-3/h7-12,15,25H,5-6,13-14,16-17H2,1-4H3,(H,24,27). The summed E-state index contributed by atoms with van der Waals surface area (Å²) >= 11 is 0. The Labute approximate surface area is 191 Å². The van der Waals surface area contributed by atoms with Gasteiger partial charge in [0.05, 0.1) is 13.7 Å². The lowest BCUT2D eigenvalue weighted by molar-refractivity contribution is 0.0950. The second-order valence-electron chi connectivity index (χ2n) is 7.22. The first kappa shape index (κ1) is 25.8. The zero-order valence-corrected chi connectivity index (χ0v) is 20.0. The molecular weight excluding hydrogens is 430 g/mol. The number of ether oxygens (including phenoxy) is 2. The molecule has 2 aromatic rings. The Morgan fingerprint density at radius 3 is 2.25 bits per heavy atom. The molecule has 0 aliphatic heterocycles. The normalized spacial score (nSPS) is 11.5. The van der Waals surface area contributed by atoms with Crippen molar-refractivity contribution in [2.75, 3.05) is 40.5 Å². The molecular formula is C23H33N3O5S. The molecule has 9 heteroatoms. The monoisotopic (exact) mass is 463 g/mol. The smallest absolute Gasteiger partial charge is 0.251 e. The van der Waals surface area contributed by atoms with E-state index >= 15 is 0 Å². The van der Waals surface area contributed by atoms with E-state index in [-0.39, 0.29) is 35.3 Å². The van der Waals surface area contributed by atoms with Crippen LogP contribution in [0.4, 0.5) is 0 Å². The minimum Gasteiger partial charge on any atom is -0.495 e. The molecule has 0 aromatic heterocycles. The Kier molecular flexibility index (Phi) is 10.1. The molecule has 0 radical (unpaired) electrons. The van der Waals surface area contributed by atoms with Crippen molar-refractivity contribution in [3.63, 3.8) is 0 Å². The lowest BCUT2D eigenvalue weighted by atomic mass is 10.1. The van der Waals surface area contributed by atoms with E-state index in [1.165, 1.54) is 38.0 Å². The van der Waals surface area contributed by atoms with E-state index in [2.05, 4.69) is 40.9 Å². The van der Waals surface area contributed by atoms with Crippen LogP contribution in [0.1, 0.15) is 35.3 Å². The summed E-state index contributed by atoms with van der Waals surface area (Å²) in [4.78, 5) is 14.9. The Bertz CT molecular complexity index is 974. The van der Waals surface area contributed by atoms with Gasteiger partial charge in [0.1, 0.15) is 10.6 Å². The van der Waals surface area contributed by atoms with Gasteiger partial charge in [-0.1, -0.05) is 38.1 Å². The maximum Gasteiger partial charge on any atom is 0.251 e. The zero-order valence-electron chi connectivity index (χ0n) is 19.2. The second-order valence-corrected chi connectivity index (χ2v) is 8.95. The van der Waals surface area contributed by atoms with Crippen molar-refractivity contribution < 1.29 is 22.7 Å². The predicted octanol–water partition coefficient (Wildman–Crippen LogP) is 2.39. The fourth-order valence-corrected chi connectivity index (χ4v) is 4.34. The highest BCUT2D eigenvalue weighted by atomic mass is 32.2. The molecule has 32 heavy (non-hydrogen) atoms. The molecule has 0 fully saturated rings. The van der Waals surface area contributed by atoms with Crippen LogP contribution in [0.5, 0.6) is 5.75 Å². The van der Waals surface area contributed by atoms with Crippen LogP contribution in [0.3, 0.4) is 0 Å². The maximum atomic E-state index is 12.7. The summed E-state index contributed by atoms with van der Waals surface area (Å²) in [6, 6.07) is 12.4. The number of nitrogens with zero attached hydrogens (tertiary/aromatic N) is 1. The number of sulfonamides is 1. The highest BCUT2D eigenvalue weighted by Gasteiger charge is 2.21. The van der Waals surface area contributed by atoms with Gasteiger partial charge in [-0.3, -0.25) is 9.69 Å². The molecule has 0 saturated carbocycles. The van der Waals surface area contributed by atoms with Crippen LogP contribution in [0.15, 0.2) is 47.4 Å². The summed E-state index contributed by atoms with van der Waals surface area (Å²) in [6.07, 6.45) is 0. The summed E-state index contributed by atoms with van der Waals surface area (Å²) < 4.78 is 37.7. The zero-order chi connectivity index (χ0) is 23.6. The summed E-state index contributed by atoms with van der Waals surface area (Å²) in [7, 11) is -0.990. The van der Waals surface area contributed by atoms with E-state index in [0.29, 0.717) is 6.54 Å². The van der Waals surface area contributed by atoms with Gasteiger partial charge < -0.3 is 14.8 Å². The third-order valence-corrected chi connectivity index (χ3v) is 6.57. The molecule has 0 aliphatic carbocycles. The molecule has 0 atom stereocenters. The first-order valence-corrected chi connectivity index (χ1v) is 12.1. The first-order valence-electron chi connectivity index (χ1n) is 10.6. The van der Waals surface area contributed by atoms with Gasteiger partial charge >= 0.3 is 0 Å². The summed E-state index contributed by atoms with van der Waals surface area (Å²) in [5.41, 5.74) is 2.41. The van der Waals surface area contributed by atoms with Crippen LogP contribution in [0, 0.1) is 0 Å². The van der Waals surface area contributed by atoms with E-state index in [0.717, 1.165) is 25.2 Å². The van der Waals surface area contributed by atoms with Gasteiger partial charge in [0, 0.05) is 32.3 Å². The van der Waals surface area contributed by atoms with Gasteiger partial charge in [0.15, 0.2) is 0 Å². The van der Waals surface area contributed by atoms with Crippen molar-refractivity contribution in [1.29, 1.82) is 0 Å². The second kappa shape index (κ2) is 12.5. The van der Waals surface area contributed by atoms with Gasteiger partial charge in [-0.25, -0.2) is 13.1 Å². The lowest BCUT2D eigenvalue weighted by Gasteiger charge is -2.18. The van der Waals surface area contributed by atoms with Crippen LogP contribution >= 0.6 is 0 Å². The maximum absolute atomic E-state index is 12.7. The average molecular weight is 464 g/mol. The van der Waals surface area contributed by atoms with Crippen LogP contribution in [0.2, 0.25) is 0 Å². The van der Waals surface area contributed by atoms with Gasteiger partial charge in [-0.15, -0.1) is 0 Å². The topological polar surface area (TPSA) is 97.0 Å². The van der Waals surface area contributed by atoms with Crippen LogP contribution in [-0.2, 0) is 27.8 Å². The molecule has 0 bridgehead atoms. The largest absolute Gasteiger partial charge is 0.495 e. The number of benzene rings is 2. The van der Waals surface area contributed by atoms with Crippen molar-refractivity contribution in [2.45, 2.75) is 31.8 Å². The van der Waals surface area contributed by atoms with Crippen LogP contribution < -0.4 is 14.8 Å². The number of rotatable bonds is 13. The minimum atomic E-state index is -3.86. The quantitative estimate of drug-likeness (QED) is 0.443. The van der Waals surface area contributed by atoms with Crippen LogP contribution in [0.25, 0.3) is 0 Å². The highest BCUT2D eigenvalue weighted by Crippen LogP contribution is 2.25. The number of carbonyl (C=O) groups excluding carboxylic acids is 1. The Hall–Kier alpha value is -2.46. The van der Waals surface area contributed by atoms with Gasteiger partial charge in [0.2, 0.25) is 10.0 Å².